The number of rotatable bonds is 5. The van der Waals surface area contributed by atoms with Crippen molar-refractivity contribution in [2.24, 2.45) is 5.92 Å². The topological polar surface area (TPSA) is 52.7 Å². The van der Waals surface area contributed by atoms with Crippen molar-refractivity contribution in [3.63, 3.8) is 0 Å². The third kappa shape index (κ3) is 5.01. The van der Waals surface area contributed by atoms with E-state index in [1.54, 1.807) is 12.1 Å². The molecule has 6 heteroatoms. The first-order valence-corrected chi connectivity index (χ1v) is 9.18. The number of anilines is 1. The molecule has 0 aromatic heterocycles. The molecule has 3 rings (SSSR count). The number of benzene rings is 1. The van der Waals surface area contributed by atoms with E-state index in [-0.39, 0.29) is 17.6 Å². The fourth-order valence-corrected chi connectivity index (χ4v) is 3.65. The number of nitrogens with zero attached hydrogens (tertiary/aromatic N) is 2. The van der Waals surface area contributed by atoms with Gasteiger partial charge in [-0.3, -0.25) is 9.59 Å². The molecule has 0 saturated carbocycles. The van der Waals surface area contributed by atoms with Crippen LogP contribution in [0.5, 0.6) is 0 Å². The molecule has 1 N–H and O–H groups in total. The summed E-state index contributed by atoms with van der Waals surface area (Å²) in [5.41, 5.74) is 0.486. The van der Waals surface area contributed by atoms with Crippen molar-refractivity contribution in [3.05, 3.63) is 30.1 Å². The van der Waals surface area contributed by atoms with E-state index in [1.165, 1.54) is 12.1 Å². The number of hydrogen-bond acceptors (Lipinski definition) is 3. The van der Waals surface area contributed by atoms with Gasteiger partial charge in [-0.2, -0.15) is 0 Å². The van der Waals surface area contributed by atoms with Gasteiger partial charge < -0.3 is 15.1 Å². The molecule has 136 valence electrons. The number of hydrogen-bond donors (Lipinski definition) is 1. The summed E-state index contributed by atoms with van der Waals surface area (Å²) in [6, 6.07) is 5.92. The Morgan fingerprint density at radius 1 is 1.12 bits per heavy atom. The number of nitrogens with one attached hydrogen (secondary N) is 1. The fourth-order valence-electron chi connectivity index (χ4n) is 3.65. The monoisotopic (exact) mass is 347 g/mol. The van der Waals surface area contributed by atoms with E-state index in [1.807, 2.05) is 4.90 Å². The first kappa shape index (κ1) is 17.9. The first-order chi connectivity index (χ1) is 12.1. The summed E-state index contributed by atoms with van der Waals surface area (Å²) in [5.74, 6) is -0.000115. The average Bonchev–Trinajstić information content (AvgIpc) is 3.14. The Morgan fingerprint density at radius 3 is 2.52 bits per heavy atom. The maximum atomic E-state index is 13.1. The van der Waals surface area contributed by atoms with Gasteiger partial charge in [0.2, 0.25) is 11.8 Å². The van der Waals surface area contributed by atoms with E-state index in [2.05, 4.69) is 10.2 Å². The molecule has 0 unspecified atom stereocenters. The maximum absolute atomic E-state index is 13.1. The van der Waals surface area contributed by atoms with E-state index in [9.17, 15) is 14.0 Å². The number of carbonyl (C=O) groups is 2. The van der Waals surface area contributed by atoms with Crippen LogP contribution in [-0.4, -0.2) is 54.3 Å². The quantitative estimate of drug-likeness (QED) is 0.890. The molecule has 1 aromatic rings. The van der Waals surface area contributed by atoms with Crippen LogP contribution in [0.2, 0.25) is 0 Å². The summed E-state index contributed by atoms with van der Waals surface area (Å²) in [4.78, 5) is 28.7. The van der Waals surface area contributed by atoms with Gasteiger partial charge in [-0.25, -0.2) is 4.39 Å². The molecule has 0 spiro atoms. The molecule has 0 radical (unpaired) electrons. The summed E-state index contributed by atoms with van der Waals surface area (Å²) < 4.78 is 13.1. The van der Waals surface area contributed by atoms with Crippen LogP contribution in [-0.2, 0) is 9.59 Å². The van der Waals surface area contributed by atoms with Gasteiger partial charge in [0, 0.05) is 37.7 Å². The van der Waals surface area contributed by atoms with Crippen LogP contribution >= 0.6 is 0 Å². The zero-order valence-corrected chi connectivity index (χ0v) is 14.5. The summed E-state index contributed by atoms with van der Waals surface area (Å²) in [7, 11) is 0. The van der Waals surface area contributed by atoms with E-state index in [4.69, 9.17) is 0 Å². The van der Waals surface area contributed by atoms with Crippen molar-refractivity contribution in [1.29, 1.82) is 0 Å². The highest BCUT2D eigenvalue weighted by molar-refractivity contribution is 5.90. The second kappa shape index (κ2) is 8.43. The lowest BCUT2D eigenvalue weighted by Gasteiger charge is -2.33. The number of carbonyl (C=O) groups excluding carboxylic acids is 2. The molecule has 2 heterocycles. The molecule has 0 bridgehead atoms. The molecule has 0 atom stereocenters. The molecule has 1 aromatic carbocycles. The first-order valence-electron chi connectivity index (χ1n) is 9.18. The normalized spacial score (nSPS) is 19.2. The predicted octanol–water partition coefficient (Wildman–Crippen LogP) is 2.49. The summed E-state index contributed by atoms with van der Waals surface area (Å²) in [6.45, 7) is 4.22. The van der Waals surface area contributed by atoms with Crippen LogP contribution in [0.4, 0.5) is 10.1 Å². The number of likely N-dealkylation sites (tertiary alicyclic amines) is 2. The molecule has 0 aliphatic carbocycles. The van der Waals surface area contributed by atoms with Crippen molar-refractivity contribution in [2.45, 2.75) is 32.1 Å². The Hall–Kier alpha value is -1.95. The van der Waals surface area contributed by atoms with Crippen LogP contribution in [0.15, 0.2) is 24.3 Å². The van der Waals surface area contributed by atoms with Gasteiger partial charge in [-0.1, -0.05) is 6.07 Å². The van der Waals surface area contributed by atoms with Gasteiger partial charge in [-0.15, -0.1) is 0 Å². The van der Waals surface area contributed by atoms with Gasteiger partial charge in [-0.05, 0) is 57.0 Å². The zero-order chi connectivity index (χ0) is 17.6. The standard InChI is InChI=1S/C19H26FN3O2/c20-16-4-3-5-17(14-16)21-18(24)8-13-22-11-6-15(7-12-22)19(25)23-9-1-2-10-23/h3-5,14-15H,1-2,6-13H2,(H,21,24). The lowest BCUT2D eigenvalue weighted by Crippen LogP contribution is -2.42. The fraction of sp³-hybridized carbons (Fsp3) is 0.579. The molecule has 2 fully saturated rings. The maximum Gasteiger partial charge on any atom is 0.225 e. The Balaban J connectivity index is 1.37. The van der Waals surface area contributed by atoms with Gasteiger partial charge in [0.1, 0.15) is 5.82 Å². The van der Waals surface area contributed by atoms with Gasteiger partial charge >= 0.3 is 0 Å². The molecule has 25 heavy (non-hydrogen) atoms. The van der Waals surface area contributed by atoms with Crippen LogP contribution in [0.1, 0.15) is 32.1 Å². The van der Waals surface area contributed by atoms with Crippen molar-refractivity contribution >= 4 is 17.5 Å². The molecular weight excluding hydrogens is 321 g/mol. The SMILES string of the molecule is O=C(CCN1CCC(C(=O)N2CCCC2)CC1)Nc1cccc(F)c1. The Kier molecular flexibility index (Phi) is 6.02. The lowest BCUT2D eigenvalue weighted by molar-refractivity contribution is -0.136. The van der Waals surface area contributed by atoms with Gasteiger partial charge in [0.05, 0.1) is 0 Å². The molecular formula is C19H26FN3O2. The highest BCUT2D eigenvalue weighted by Gasteiger charge is 2.29. The Morgan fingerprint density at radius 2 is 1.84 bits per heavy atom. The van der Waals surface area contributed by atoms with Crippen LogP contribution in [0, 0.1) is 11.7 Å². The third-order valence-corrected chi connectivity index (χ3v) is 5.12. The molecule has 5 nitrogen and oxygen atoms in total. The number of halogens is 1. The highest BCUT2D eigenvalue weighted by Crippen LogP contribution is 2.22. The van der Waals surface area contributed by atoms with E-state index in [0.717, 1.165) is 51.9 Å². The smallest absolute Gasteiger partial charge is 0.225 e. The molecule has 2 aliphatic rings. The largest absolute Gasteiger partial charge is 0.342 e. The second-order valence-corrected chi connectivity index (χ2v) is 6.96. The predicted molar refractivity (Wildman–Crippen MR) is 94.6 cm³/mol. The van der Waals surface area contributed by atoms with E-state index < -0.39 is 0 Å². The minimum Gasteiger partial charge on any atom is -0.342 e. The van der Waals surface area contributed by atoms with Crippen LogP contribution in [0.25, 0.3) is 0 Å². The zero-order valence-electron chi connectivity index (χ0n) is 14.5. The van der Waals surface area contributed by atoms with Crippen molar-refractivity contribution < 1.29 is 14.0 Å². The second-order valence-electron chi connectivity index (χ2n) is 6.96. The Labute approximate surface area is 148 Å². The molecule has 2 amide bonds. The number of piperidine rings is 1. The van der Waals surface area contributed by atoms with Gasteiger partial charge in [0.15, 0.2) is 0 Å². The average molecular weight is 347 g/mol. The summed E-state index contributed by atoms with van der Waals surface area (Å²) in [6.07, 6.45) is 4.39. The van der Waals surface area contributed by atoms with Crippen molar-refractivity contribution in [1.82, 2.24) is 9.80 Å². The minimum absolute atomic E-state index is 0.110. The van der Waals surface area contributed by atoms with Crippen molar-refractivity contribution in [3.8, 4) is 0 Å². The third-order valence-electron chi connectivity index (χ3n) is 5.12. The molecule has 2 saturated heterocycles. The highest BCUT2D eigenvalue weighted by atomic mass is 19.1. The van der Waals surface area contributed by atoms with Gasteiger partial charge in [0.25, 0.3) is 0 Å². The van der Waals surface area contributed by atoms with Crippen LogP contribution < -0.4 is 5.32 Å². The summed E-state index contributed by atoms with van der Waals surface area (Å²) in [5, 5.41) is 2.72. The van der Waals surface area contributed by atoms with E-state index in [0.29, 0.717) is 24.6 Å². The van der Waals surface area contributed by atoms with E-state index >= 15 is 0 Å². The number of amides is 2. The Bertz CT molecular complexity index is 608. The summed E-state index contributed by atoms with van der Waals surface area (Å²) >= 11 is 0. The lowest BCUT2D eigenvalue weighted by atomic mass is 9.95. The van der Waals surface area contributed by atoms with Crippen LogP contribution in [0.3, 0.4) is 0 Å². The minimum atomic E-state index is -0.359. The molecule has 2 aliphatic heterocycles. The van der Waals surface area contributed by atoms with Crippen molar-refractivity contribution in [2.75, 3.05) is 38.0 Å².